The first-order chi connectivity index (χ1) is 10.8. The largest absolute Gasteiger partial charge is 0.323 e. The number of benzene rings is 1. The quantitative estimate of drug-likeness (QED) is 0.895. The fourth-order valence-corrected chi connectivity index (χ4v) is 3.09. The van der Waals surface area contributed by atoms with Gasteiger partial charge in [0.15, 0.2) is 0 Å². The Morgan fingerprint density at radius 2 is 2.04 bits per heavy atom. The highest BCUT2D eigenvalue weighted by Gasteiger charge is 2.23. The van der Waals surface area contributed by atoms with Gasteiger partial charge in [0, 0.05) is 11.2 Å². The molecule has 6 nitrogen and oxygen atoms in total. The first kappa shape index (κ1) is 17.2. The first-order valence-electron chi connectivity index (χ1n) is 6.72. The Morgan fingerprint density at radius 1 is 1.30 bits per heavy atom. The number of anilines is 2. The van der Waals surface area contributed by atoms with Crippen LogP contribution in [0.2, 0.25) is 5.02 Å². The Kier molecular flexibility index (Phi) is 5.23. The molecule has 1 heterocycles. The summed E-state index contributed by atoms with van der Waals surface area (Å²) in [5.74, 6) is -0.470. The van der Waals surface area contributed by atoms with E-state index in [1.54, 1.807) is 43.5 Å². The number of nitrogens with zero attached hydrogens (tertiary/aromatic N) is 2. The Morgan fingerprint density at radius 3 is 2.65 bits per heavy atom. The average Bonchev–Trinajstić information content (AvgIpc) is 2.48. The molecule has 23 heavy (non-hydrogen) atoms. The van der Waals surface area contributed by atoms with E-state index < -0.39 is 15.9 Å². The van der Waals surface area contributed by atoms with Gasteiger partial charge in [-0.15, -0.1) is 0 Å². The number of halogens is 1. The summed E-state index contributed by atoms with van der Waals surface area (Å²) in [6.45, 7) is 1.35. The van der Waals surface area contributed by atoms with Crippen molar-refractivity contribution in [3.8, 4) is 0 Å². The SMILES string of the molecule is Cc1c(Cl)cccc1N(CC(=O)Nc1cccnc1)S(C)(=O)=O. The molecule has 0 spiro atoms. The normalized spacial score (nSPS) is 11.1. The van der Waals surface area contributed by atoms with Crippen molar-refractivity contribution >= 4 is 38.9 Å². The highest BCUT2D eigenvalue weighted by molar-refractivity contribution is 7.92. The maximum Gasteiger partial charge on any atom is 0.245 e. The number of hydrogen-bond donors (Lipinski definition) is 1. The van der Waals surface area contributed by atoms with Gasteiger partial charge in [-0.25, -0.2) is 8.42 Å². The summed E-state index contributed by atoms with van der Waals surface area (Å²) in [6, 6.07) is 8.25. The molecule has 0 atom stereocenters. The fraction of sp³-hybridized carbons (Fsp3) is 0.200. The molecule has 0 bridgehead atoms. The maximum atomic E-state index is 12.2. The highest BCUT2D eigenvalue weighted by atomic mass is 35.5. The second-order valence-electron chi connectivity index (χ2n) is 4.94. The van der Waals surface area contributed by atoms with E-state index >= 15 is 0 Å². The van der Waals surface area contributed by atoms with E-state index in [-0.39, 0.29) is 6.54 Å². The Hall–Kier alpha value is -2.12. The smallest absolute Gasteiger partial charge is 0.245 e. The van der Waals surface area contributed by atoms with Crippen molar-refractivity contribution in [2.75, 3.05) is 22.4 Å². The zero-order valence-corrected chi connectivity index (χ0v) is 14.2. The molecule has 0 saturated heterocycles. The Balaban J connectivity index is 2.27. The van der Waals surface area contributed by atoms with Crippen LogP contribution in [0.25, 0.3) is 0 Å². The first-order valence-corrected chi connectivity index (χ1v) is 8.94. The predicted molar refractivity (Wildman–Crippen MR) is 91.2 cm³/mol. The predicted octanol–water partition coefficient (Wildman–Crippen LogP) is 2.45. The fourth-order valence-electron chi connectivity index (χ4n) is 2.01. The summed E-state index contributed by atoms with van der Waals surface area (Å²) in [6.07, 6.45) is 4.10. The zero-order chi connectivity index (χ0) is 17.0. The van der Waals surface area contributed by atoms with Crippen LogP contribution in [0.5, 0.6) is 0 Å². The molecule has 2 aromatic rings. The van der Waals surface area contributed by atoms with Crippen LogP contribution in [-0.2, 0) is 14.8 Å². The summed E-state index contributed by atoms with van der Waals surface area (Å²) in [5, 5.41) is 3.04. The number of carbonyl (C=O) groups is 1. The second kappa shape index (κ2) is 6.97. The van der Waals surface area contributed by atoms with Crippen LogP contribution >= 0.6 is 11.6 Å². The number of carbonyl (C=O) groups excluding carboxylic acids is 1. The number of hydrogen-bond acceptors (Lipinski definition) is 4. The topological polar surface area (TPSA) is 79.4 Å². The molecule has 0 radical (unpaired) electrons. The number of pyridine rings is 1. The van der Waals surface area contributed by atoms with Gasteiger partial charge in [-0.05, 0) is 36.8 Å². The van der Waals surface area contributed by atoms with Crippen molar-refractivity contribution in [2.45, 2.75) is 6.92 Å². The van der Waals surface area contributed by atoms with Gasteiger partial charge in [-0.2, -0.15) is 0 Å². The summed E-state index contributed by atoms with van der Waals surface area (Å²) >= 11 is 6.04. The molecule has 1 N–H and O–H groups in total. The van der Waals surface area contributed by atoms with Gasteiger partial charge in [0.2, 0.25) is 15.9 Å². The summed E-state index contributed by atoms with van der Waals surface area (Å²) in [4.78, 5) is 16.0. The summed E-state index contributed by atoms with van der Waals surface area (Å²) < 4.78 is 25.2. The molecule has 0 aliphatic heterocycles. The van der Waals surface area contributed by atoms with Crippen molar-refractivity contribution in [2.24, 2.45) is 0 Å². The van der Waals surface area contributed by atoms with Gasteiger partial charge in [0.25, 0.3) is 0 Å². The molecule has 1 amide bonds. The van der Waals surface area contributed by atoms with Crippen LogP contribution in [0.15, 0.2) is 42.7 Å². The highest BCUT2D eigenvalue weighted by Crippen LogP contribution is 2.28. The van der Waals surface area contributed by atoms with Gasteiger partial charge < -0.3 is 5.32 Å². The van der Waals surface area contributed by atoms with Crippen molar-refractivity contribution in [1.29, 1.82) is 0 Å². The van der Waals surface area contributed by atoms with E-state index in [9.17, 15) is 13.2 Å². The van der Waals surface area contributed by atoms with E-state index in [0.717, 1.165) is 10.6 Å². The molecule has 0 fully saturated rings. The molecular formula is C15H16ClN3O3S. The van der Waals surface area contributed by atoms with E-state index in [0.29, 0.717) is 22.0 Å². The molecule has 0 aliphatic carbocycles. The number of rotatable bonds is 5. The van der Waals surface area contributed by atoms with Gasteiger partial charge >= 0.3 is 0 Å². The minimum absolute atomic E-state index is 0.352. The van der Waals surface area contributed by atoms with Crippen LogP contribution in [0.4, 0.5) is 11.4 Å². The minimum Gasteiger partial charge on any atom is -0.323 e. The molecule has 8 heteroatoms. The van der Waals surface area contributed by atoms with Gasteiger partial charge in [-0.1, -0.05) is 17.7 Å². The van der Waals surface area contributed by atoms with Gasteiger partial charge in [-0.3, -0.25) is 14.1 Å². The minimum atomic E-state index is -3.65. The van der Waals surface area contributed by atoms with Crippen LogP contribution in [0.1, 0.15) is 5.56 Å². The molecule has 0 unspecified atom stereocenters. The number of aromatic nitrogens is 1. The average molecular weight is 354 g/mol. The standard InChI is InChI=1S/C15H16ClN3O3S/c1-11-13(16)6-3-7-14(11)19(23(2,21)22)10-15(20)18-12-5-4-8-17-9-12/h3-9H,10H2,1-2H3,(H,18,20). The summed E-state index contributed by atoms with van der Waals surface area (Å²) in [5.41, 5.74) is 1.46. The zero-order valence-electron chi connectivity index (χ0n) is 12.7. The molecule has 122 valence electrons. The molecule has 2 rings (SSSR count). The lowest BCUT2D eigenvalue weighted by Crippen LogP contribution is -2.37. The third-order valence-electron chi connectivity index (χ3n) is 3.14. The van der Waals surface area contributed by atoms with Gasteiger partial charge in [0.05, 0.1) is 23.8 Å². The number of nitrogens with one attached hydrogen (secondary N) is 1. The number of sulfonamides is 1. The monoisotopic (exact) mass is 353 g/mol. The third kappa shape index (κ3) is 4.43. The van der Waals surface area contributed by atoms with Crippen molar-refractivity contribution in [3.63, 3.8) is 0 Å². The van der Waals surface area contributed by atoms with Crippen LogP contribution in [0, 0.1) is 6.92 Å². The van der Waals surface area contributed by atoms with E-state index in [4.69, 9.17) is 11.6 Å². The third-order valence-corrected chi connectivity index (χ3v) is 4.68. The van der Waals surface area contributed by atoms with E-state index in [1.165, 1.54) is 6.20 Å². The van der Waals surface area contributed by atoms with Crippen LogP contribution in [-0.4, -0.2) is 32.1 Å². The van der Waals surface area contributed by atoms with Crippen molar-refractivity contribution in [1.82, 2.24) is 4.98 Å². The van der Waals surface area contributed by atoms with Crippen molar-refractivity contribution < 1.29 is 13.2 Å². The molecule has 0 saturated carbocycles. The summed E-state index contributed by atoms with van der Waals surface area (Å²) in [7, 11) is -3.65. The molecular weight excluding hydrogens is 338 g/mol. The lowest BCUT2D eigenvalue weighted by Gasteiger charge is -2.24. The second-order valence-corrected chi connectivity index (χ2v) is 7.26. The van der Waals surface area contributed by atoms with Crippen molar-refractivity contribution in [3.05, 3.63) is 53.3 Å². The lowest BCUT2D eigenvalue weighted by atomic mass is 10.2. The number of amides is 1. The van der Waals surface area contributed by atoms with Gasteiger partial charge in [0.1, 0.15) is 6.54 Å². The Labute approximate surface area is 140 Å². The Bertz CT molecular complexity index is 810. The van der Waals surface area contributed by atoms with Crippen LogP contribution < -0.4 is 9.62 Å². The molecule has 0 aliphatic rings. The molecule has 1 aromatic carbocycles. The molecule has 1 aromatic heterocycles. The van der Waals surface area contributed by atoms with E-state index in [1.807, 2.05) is 0 Å². The van der Waals surface area contributed by atoms with E-state index in [2.05, 4.69) is 10.3 Å². The van der Waals surface area contributed by atoms with Crippen LogP contribution in [0.3, 0.4) is 0 Å². The maximum absolute atomic E-state index is 12.2. The lowest BCUT2D eigenvalue weighted by molar-refractivity contribution is -0.114.